The Labute approximate surface area is 110 Å². The van der Waals surface area contributed by atoms with Gasteiger partial charge in [0.25, 0.3) is 0 Å². The van der Waals surface area contributed by atoms with E-state index in [1.54, 1.807) is 18.2 Å². The highest BCUT2D eigenvalue weighted by atomic mass is 79.9. The van der Waals surface area contributed by atoms with E-state index in [1.807, 2.05) is 0 Å². The Hall–Kier alpha value is -1.76. The molecular formula is C11H9BrO6. The van der Waals surface area contributed by atoms with Crippen molar-refractivity contribution >= 4 is 27.9 Å². The number of carboxylic acids is 2. The number of aliphatic carboxylic acids is 2. The van der Waals surface area contributed by atoms with Crippen molar-refractivity contribution < 1.29 is 29.3 Å². The summed E-state index contributed by atoms with van der Waals surface area (Å²) in [5.41, 5.74) is 0.529. The number of hydrogen-bond acceptors (Lipinski definition) is 4. The molecule has 0 fully saturated rings. The molecule has 2 rings (SSSR count). The van der Waals surface area contributed by atoms with Crippen molar-refractivity contribution in [3.05, 3.63) is 23.8 Å². The third-order valence-corrected chi connectivity index (χ3v) is 3.52. The van der Waals surface area contributed by atoms with Gasteiger partial charge in [0.15, 0.2) is 11.5 Å². The molecule has 1 aromatic rings. The van der Waals surface area contributed by atoms with Gasteiger partial charge in [-0.05, 0) is 17.7 Å². The highest BCUT2D eigenvalue weighted by Crippen LogP contribution is 2.34. The molecule has 18 heavy (non-hydrogen) atoms. The molecule has 0 unspecified atom stereocenters. The van der Waals surface area contributed by atoms with Gasteiger partial charge >= 0.3 is 11.9 Å². The van der Waals surface area contributed by atoms with Crippen LogP contribution in [0.15, 0.2) is 18.2 Å². The lowest BCUT2D eigenvalue weighted by Crippen LogP contribution is -2.42. The second kappa shape index (κ2) is 4.49. The third-order valence-electron chi connectivity index (χ3n) is 2.56. The minimum atomic E-state index is -2.04. The molecule has 0 amide bonds. The van der Waals surface area contributed by atoms with Crippen LogP contribution in [0.3, 0.4) is 0 Å². The molecule has 0 saturated carbocycles. The molecule has 0 aromatic heterocycles. The van der Waals surface area contributed by atoms with Crippen molar-refractivity contribution in [1.82, 2.24) is 0 Å². The summed E-state index contributed by atoms with van der Waals surface area (Å²) in [5, 5.41) is 17.9. The fourth-order valence-electron chi connectivity index (χ4n) is 1.57. The Balaban J connectivity index is 2.28. The van der Waals surface area contributed by atoms with E-state index in [1.165, 1.54) is 0 Å². The van der Waals surface area contributed by atoms with Gasteiger partial charge in [-0.15, -0.1) is 0 Å². The zero-order chi connectivity index (χ0) is 13.3. The predicted molar refractivity (Wildman–Crippen MR) is 63.2 cm³/mol. The number of carbonyl (C=O) groups is 2. The maximum Gasteiger partial charge on any atom is 0.332 e. The molecule has 0 radical (unpaired) electrons. The standard InChI is InChI=1S/C11H9BrO6/c12-11(9(13)14,10(15)16)4-6-1-2-7-8(3-6)18-5-17-7/h1-3H,4-5H2,(H,13,14)(H,15,16). The molecule has 1 aliphatic rings. The summed E-state index contributed by atoms with van der Waals surface area (Å²) >= 11 is 2.76. The summed E-state index contributed by atoms with van der Waals surface area (Å²) in [6.07, 6.45) is -0.200. The fraction of sp³-hybridized carbons (Fsp3) is 0.273. The number of rotatable bonds is 4. The molecule has 1 aromatic carbocycles. The van der Waals surface area contributed by atoms with Gasteiger partial charge in [0.2, 0.25) is 11.1 Å². The first-order valence-corrected chi connectivity index (χ1v) is 5.77. The SMILES string of the molecule is O=C(O)C(Br)(Cc1ccc2c(c1)OCO2)C(=O)O. The average Bonchev–Trinajstić information content (AvgIpc) is 2.75. The molecule has 1 aliphatic heterocycles. The minimum Gasteiger partial charge on any atom is -0.480 e. The topological polar surface area (TPSA) is 93.1 Å². The average molecular weight is 317 g/mol. The highest BCUT2D eigenvalue weighted by Gasteiger charge is 2.44. The molecule has 1 heterocycles. The number of hydrogen-bond donors (Lipinski definition) is 2. The van der Waals surface area contributed by atoms with E-state index in [-0.39, 0.29) is 13.2 Å². The van der Waals surface area contributed by atoms with Gasteiger partial charge in [-0.2, -0.15) is 0 Å². The second-order valence-corrected chi connectivity index (χ2v) is 5.13. The predicted octanol–water partition coefficient (Wildman–Crippen LogP) is 1.26. The van der Waals surface area contributed by atoms with Gasteiger partial charge in [0.1, 0.15) is 0 Å². The lowest BCUT2D eigenvalue weighted by atomic mass is 9.99. The van der Waals surface area contributed by atoms with E-state index >= 15 is 0 Å². The first-order valence-electron chi connectivity index (χ1n) is 4.98. The summed E-state index contributed by atoms with van der Waals surface area (Å²) in [4.78, 5) is 22.0. The monoisotopic (exact) mass is 316 g/mol. The zero-order valence-electron chi connectivity index (χ0n) is 9.05. The fourth-order valence-corrected chi connectivity index (χ4v) is 1.90. The Morgan fingerprint density at radius 2 is 1.83 bits per heavy atom. The molecule has 0 bridgehead atoms. The maximum absolute atomic E-state index is 11.0. The smallest absolute Gasteiger partial charge is 0.332 e. The van der Waals surface area contributed by atoms with Gasteiger partial charge in [-0.3, -0.25) is 9.59 Å². The summed E-state index contributed by atoms with van der Waals surface area (Å²) in [7, 11) is 0. The second-order valence-electron chi connectivity index (χ2n) is 3.78. The first-order chi connectivity index (χ1) is 8.43. The Kier molecular flexibility index (Phi) is 3.16. The first kappa shape index (κ1) is 12.7. The van der Waals surface area contributed by atoms with Gasteiger partial charge in [-0.1, -0.05) is 22.0 Å². The summed E-state index contributed by atoms with van der Waals surface area (Å²) in [5.74, 6) is -1.86. The maximum atomic E-state index is 11.0. The summed E-state index contributed by atoms with van der Waals surface area (Å²) in [6, 6.07) is 4.80. The Bertz CT molecular complexity index is 498. The van der Waals surface area contributed by atoms with E-state index in [0.29, 0.717) is 17.1 Å². The normalized spacial score (nSPS) is 13.4. The summed E-state index contributed by atoms with van der Waals surface area (Å²) < 4.78 is 8.21. The number of ether oxygens (including phenoxy) is 2. The number of alkyl halides is 1. The lowest BCUT2D eigenvalue weighted by Gasteiger charge is -2.17. The number of fused-ring (bicyclic) bond motifs is 1. The molecule has 2 N–H and O–H groups in total. The molecule has 96 valence electrons. The van der Waals surface area contributed by atoms with Crippen molar-refractivity contribution in [3.63, 3.8) is 0 Å². The molecule has 6 nitrogen and oxygen atoms in total. The van der Waals surface area contributed by atoms with Crippen LogP contribution in [0.5, 0.6) is 11.5 Å². The van der Waals surface area contributed by atoms with Crippen molar-refractivity contribution in [2.45, 2.75) is 10.7 Å². The van der Waals surface area contributed by atoms with Crippen molar-refractivity contribution in [3.8, 4) is 11.5 Å². The Morgan fingerprint density at radius 3 is 2.44 bits per heavy atom. The summed E-state index contributed by atoms with van der Waals surface area (Å²) in [6.45, 7) is 0.107. The van der Waals surface area contributed by atoms with Crippen LogP contribution >= 0.6 is 15.9 Å². The van der Waals surface area contributed by atoms with Crippen LogP contribution < -0.4 is 9.47 Å². The molecule has 0 atom stereocenters. The zero-order valence-corrected chi connectivity index (χ0v) is 10.6. The van der Waals surface area contributed by atoms with Crippen LogP contribution in [0, 0.1) is 0 Å². The van der Waals surface area contributed by atoms with Crippen LogP contribution in [0.25, 0.3) is 0 Å². The third kappa shape index (κ3) is 2.13. The van der Waals surface area contributed by atoms with Crippen LogP contribution in [-0.4, -0.2) is 33.3 Å². The number of halogens is 1. The van der Waals surface area contributed by atoms with Gasteiger partial charge < -0.3 is 19.7 Å². The van der Waals surface area contributed by atoms with E-state index in [4.69, 9.17) is 19.7 Å². The van der Waals surface area contributed by atoms with Gasteiger partial charge in [-0.25, -0.2) is 0 Å². The molecule has 7 heteroatoms. The quantitative estimate of drug-likeness (QED) is 0.641. The Morgan fingerprint density at radius 1 is 1.22 bits per heavy atom. The molecule has 0 saturated heterocycles. The highest BCUT2D eigenvalue weighted by molar-refractivity contribution is 9.10. The van der Waals surface area contributed by atoms with Crippen molar-refractivity contribution in [1.29, 1.82) is 0 Å². The molecule has 0 aliphatic carbocycles. The van der Waals surface area contributed by atoms with E-state index in [0.717, 1.165) is 0 Å². The van der Waals surface area contributed by atoms with Gasteiger partial charge in [0.05, 0.1) is 0 Å². The van der Waals surface area contributed by atoms with Crippen LogP contribution in [-0.2, 0) is 16.0 Å². The lowest BCUT2D eigenvalue weighted by molar-refractivity contribution is -0.151. The van der Waals surface area contributed by atoms with Crippen molar-refractivity contribution in [2.24, 2.45) is 0 Å². The number of benzene rings is 1. The van der Waals surface area contributed by atoms with Crippen LogP contribution in [0.4, 0.5) is 0 Å². The largest absolute Gasteiger partial charge is 0.480 e. The van der Waals surface area contributed by atoms with E-state index < -0.39 is 16.3 Å². The molecular weight excluding hydrogens is 308 g/mol. The van der Waals surface area contributed by atoms with Crippen molar-refractivity contribution in [2.75, 3.05) is 6.79 Å². The van der Waals surface area contributed by atoms with Crippen LogP contribution in [0.1, 0.15) is 5.56 Å². The number of carboxylic acid groups (broad SMARTS) is 2. The van der Waals surface area contributed by atoms with E-state index in [9.17, 15) is 9.59 Å². The minimum absolute atomic E-state index is 0.107. The van der Waals surface area contributed by atoms with Crippen LogP contribution in [0.2, 0.25) is 0 Å². The molecule has 0 spiro atoms. The van der Waals surface area contributed by atoms with E-state index in [2.05, 4.69) is 15.9 Å². The van der Waals surface area contributed by atoms with Gasteiger partial charge in [0, 0.05) is 6.42 Å².